The van der Waals surface area contributed by atoms with Crippen LogP contribution in [0.5, 0.6) is 0 Å². The summed E-state index contributed by atoms with van der Waals surface area (Å²) in [5.41, 5.74) is 3.00. The molecule has 0 N–H and O–H groups in total. The highest BCUT2D eigenvalue weighted by molar-refractivity contribution is 5.83. The van der Waals surface area contributed by atoms with E-state index in [1.807, 2.05) is 47.4 Å². The first-order valence-corrected chi connectivity index (χ1v) is 9.70. The Hall–Kier alpha value is -2.66. The van der Waals surface area contributed by atoms with Gasteiger partial charge < -0.3 is 9.32 Å². The van der Waals surface area contributed by atoms with Gasteiger partial charge in [0.2, 0.25) is 5.91 Å². The Kier molecular flexibility index (Phi) is 4.17. The highest BCUT2D eigenvalue weighted by Gasteiger charge is 2.38. The van der Waals surface area contributed by atoms with Crippen molar-refractivity contribution >= 4 is 17.0 Å². The van der Waals surface area contributed by atoms with Crippen LogP contribution in [0.25, 0.3) is 11.1 Å². The summed E-state index contributed by atoms with van der Waals surface area (Å²) in [5.74, 6) is 1.36. The minimum atomic E-state index is 0.211. The second-order valence-corrected chi connectivity index (χ2v) is 7.57. The lowest BCUT2D eigenvalue weighted by Crippen LogP contribution is -2.53. The van der Waals surface area contributed by atoms with Crippen LogP contribution < -0.4 is 0 Å². The first-order chi connectivity index (χ1) is 13.3. The number of oxazole rings is 1. The van der Waals surface area contributed by atoms with Crippen LogP contribution in [0.4, 0.5) is 0 Å². The van der Waals surface area contributed by atoms with E-state index in [0.29, 0.717) is 13.1 Å². The minimum absolute atomic E-state index is 0.211. The van der Waals surface area contributed by atoms with E-state index < -0.39 is 0 Å². The Balaban J connectivity index is 1.29. The number of hydrogen-bond acceptors (Lipinski definition) is 4. The van der Waals surface area contributed by atoms with E-state index in [9.17, 15) is 4.79 Å². The average Bonchev–Trinajstić information content (AvgIpc) is 3.15. The normalized spacial score (nSPS) is 23.6. The Morgan fingerprint density at radius 1 is 1.07 bits per heavy atom. The summed E-state index contributed by atoms with van der Waals surface area (Å²) in [7, 11) is 0. The molecule has 2 aromatic carbocycles. The van der Waals surface area contributed by atoms with Gasteiger partial charge in [0.1, 0.15) is 5.52 Å². The Morgan fingerprint density at radius 2 is 1.89 bits per heavy atom. The second kappa shape index (κ2) is 6.82. The molecular weight excluding hydrogens is 338 g/mol. The maximum absolute atomic E-state index is 12.2. The van der Waals surface area contributed by atoms with Crippen molar-refractivity contribution in [1.29, 1.82) is 0 Å². The fourth-order valence-electron chi connectivity index (χ4n) is 4.27. The molecule has 2 saturated heterocycles. The number of carbonyl (C=O) groups is 1. The van der Waals surface area contributed by atoms with E-state index in [4.69, 9.17) is 4.42 Å². The summed E-state index contributed by atoms with van der Waals surface area (Å²) >= 11 is 0. The maximum Gasteiger partial charge on any atom is 0.226 e. The van der Waals surface area contributed by atoms with Crippen molar-refractivity contribution in [2.24, 2.45) is 0 Å². The first kappa shape index (κ1) is 16.5. The van der Waals surface area contributed by atoms with Gasteiger partial charge in [-0.3, -0.25) is 9.69 Å². The van der Waals surface area contributed by atoms with Gasteiger partial charge >= 0.3 is 0 Å². The molecule has 2 aliphatic rings. The summed E-state index contributed by atoms with van der Waals surface area (Å²) in [6.07, 6.45) is 2.80. The molecule has 0 aliphatic carbocycles. The van der Waals surface area contributed by atoms with Crippen LogP contribution in [0.3, 0.4) is 0 Å². The zero-order chi connectivity index (χ0) is 18.2. The number of amides is 1. The molecule has 5 rings (SSSR count). The average molecular weight is 361 g/mol. The van der Waals surface area contributed by atoms with Gasteiger partial charge in [0.05, 0.1) is 19.1 Å². The zero-order valence-corrected chi connectivity index (χ0v) is 15.3. The predicted molar refractivity (Wildman–Crippen MR) is 103 cm³/mol. The van der Waals surface area contributed by atoms with Crippen molar-refractivity contribution in [3.05, 3.63) is 66.1 Å². The van der Waals surface area contributed by atoms with Gasteiger partial charge in [-0.05, 0) is 37.1 Å². The standard InChI is InChI=1S/C22H23N3O2/c26-21-13-19(16-7-2-1-3-8-16)25(21)15-24-12-6-9-17(14-24)22-23-18-10-4-5-11-20(18)27-22/h1-5,7-8,10-11,17,19H,6,9,12-15H2. The molecule has 0 radical (unpaired) electrons. The Labute approximate surface area is 158 Å². The fourth-order valence-corrected chi connectivity index (χ4v) is 4.27. The molecule has 27 heavy (non-hydrogen) atoms. The zero-order valence-electron chi connectivity index (χ0n) is 15.3. The lowest BCUT2D eigenvalue weighted by molar-refractivity contribution is -0.150. The number of β-lactam (4-membered cyclic amide) rings is 1. The topological polar surface area (TPSA) is 49.6 Å². The van der Waals surface area contributed by atoms with Gasteiger partial charge in [-0.25, -0.2) is 4.98 Å². The van der Waals surface area contributed by atoms with Crippen molar-refractivity contribution < 1.29 is 9.21 Å². The van der Waals surface area contributed by atoms with Gasteiger partial charge in [0, 0.05) is 12.5 Å². The van der Waals surface area contributed by atoms with E-state index in [2.05, 4.69) is 22.0 Å². The van der Waals surface area contributed by atoms with Gasteiger partial charge in [0.15, 0.2) is 11.5 Å². The van der Waals surface area contributed by atoms with E-state index in [0.717, 1.165) is 42.9 Å². The van der Waals surface area contributed by atoms with Gasteiger partial charge in [-0.15, -0.1) is 0 Å². The molecule has 1 amide bonds. The number of fused-ring (bicyclic) bond motifs is 1. The lowest BCUT2D eigenvalue weighted by atomic mass is 9.94. The smallest absolute Gasteiger partial charge is 0.226 e. The van der Waals surface area contributed by atoms with Gasteiger partial charge in [-0.2, -0.15) is 0 Å². The number of aromatic nitrogens is 1. The first-order valence-electron chi connectivity index (χ1n) is 9.70. The van der Waals surface area contributed by atoms with Gasteiger partial charge in [0.25, 0.3) is 0 Å². The van der Waals surface area contributed by atoms with Crippen molar-refractivity contribution in [3.63, 3.8) is 0 Å². The van der Waals surface area contributed by atoms with Crippen LogP contribution in [0.1, 0.15) is 42.7 Å². The molecule has 3 aromatic rings. The molecule has 138 valence electrons. The maximum atomic E-state index is 12.2. The molecule has 5 heteroatoms. The van der Waals surface area contributed by atoms with E-state index in [1.165, 1.54) is 5.56 Å². The van der Waals surface area contributed by atoms with Crippen LogP contribution >= 0.6 is 0 Å². The summed E-state index contributed by atoms with van der Waals surface area (Å²) in [6, 6.07) is 18.5. The van der Waals surface area contributed by atoms with Crippen LogP contribution in [0.2, 0.25) is 0 Å². The number of rotatable bonds is 4. The van der Waals surface area contributed by atoms with Crippen molar-refractivity contribution in [2.75, 3.05) is 19.8 Å². The predicted octanol–water partition coefficient (Wildman–Crippen LogP) is 3.94. The van der Waals surface area contributed by atoms with E-state index in [1.54, 1.807) is 0 Å². The minimum Gasteiger partial charge on any atom is -0.440 e. The molecule has 1 aromatic heterocycles. The number of nitrogens with zero attached hydrogens (tertiary/aromatic N) is 3. The van der Waals surface area contributed by atoms with E-state index in [-0.39, 0.29) is 17.9 Å². The molecule has 0 saturated carbocycles. The number of hydrogen-bond donors (Lipinski definition) is 0. The van der Waals surface area contributed by atoms with Crippen LogP contribution in [0, 0.1) is 0 Å². The molecule has 2 atom stereocenters. The molecule has 2 unspecified atom stereocenters. The highest BCUT2D eigenvalue weighted by Crippen LogP contribution is 2.36. The number of piperidine rings is 1. The number of para-hydroxylation sites is 2. The van der Waals surface area contributed by atoms with Crippen LogP contribution in [0.15, 0.2) is 59.0 Å². The second-order valence-electron chi connectivity index (χ2n) is 7.57. The lowest BCUT2D eigenvalue weighted by Gasteiger charge is -2.45. The fraction of sp³-hybridized carbons (Fsp3) is 0.364. The molecule has 3 heterocycles. The third kappa shape index (κ3) is 3.12. The number of likely N-dealkylation sites (tertiary alicyclic amines) is 2. The summed E-state index contributed by atoms with van der Waals surface area (Å²) in [6.45, 7) is 2.59. The Bertz CT molecular complexity index is 919. The van der Waals surface area contributed by atoms with Crippen molar-refractivity contribution in [2.45, 2.75) is 31.2 Å². The third-order valence-electron chi connectivity index (χ3n) is 5.77. The quantitative estimate of drug-likeness (QED) is 0.661. The monoisotopic (exact) mass is 361 g/mol. The third-order valence-corrected chi connectivity index (χ3v) is 5.77. The van der Waals surface area contributed by atoms with Crippen LogP contribution in [-0.2, 0) is 4.79 Å². The number of benzene rings is 2. The molecular formula is C22H23N3O2. The van der Waals surface area contributed by atoms with Gasteiger partial charge in [-0.1, -0.05) is 42.5 Å². The summed E-state index contributed by atoms with van der Waals surface area (Å²) in [5, 5.41) is 0. The molecule has 2 fully saturated rings. The largest absolute Gasteiger partial charge is 0.440 e. The van der Waals surface area contributed by atoms with E-state index >= 15 is 0 Å². The SMILES string of the molecule is O=C1CC(c2ccccc2)N1CN1CCCC(c2nc3ccccc3o2)C1. The molecule has 2 aliphatic heterocycles. The highest BCUT2D eigenvalue weighted by atomic mass is 16.3. The summed E-state index contributed by atoms with van der Waals surface area (Å²) < 4.78 is 5.99. The molecule has 0 spiro atoms. The number of carbonyl (C=O) groups excluding carboxylic acids is 1. The molecule has 5 nitrogen and oxygen atoms in total. The van der Waals surface area contributed by atoms with Crippen LogP contribution in [-0.4, -0.2) is 40.4 Å². The van der Waals surface area contributed by atoms with Crippen molar-refractivity contribution in [3.8, 4) is 0 Å². The Morgan fingerprint density at radius 3 is 2.70 bits per heavy atom. The molecule has 0 bridgehead atoms. The summed E-state index contributed by atoms with van der Waals surface area (Å²) in [4.78, 5) is 21.3. The van der Waals surface area contributed by atoms with Crippen molar-refractivity contribution in [1.82, 2.24) is 14.8 Å².